The topological polar surface area (TPSA) is 80.8 Å². The van der Waals surface area contributed by atoms with Gasteiger partial charge in [0.25, 0.3) is 0 Å². The number of likely N-dealkylation sites (tertiary alicyclic amines) is 1. The van der Waals surface area contributed by atoms with Crippen LogP contribution < -0.4 is 9.64 Å². The number of aromatic amines is 1. The lowest BCUT2D eigenvalue weighted by Crippen LogP contribution is -2.42. The van der Waals surface area contributed by atoms with Gasteiger partial charge in [-0.2, -0.15) is 0 Å². The lowest BCUT2D eigenvalue weighted by Gasteiger charge is -2.37. The first-order chi connectivity index (χ1) is 23.2. The standard InChI is InChI=1S/C39H40N6O2/c46-26-33-25-45(39-40-19-20-41-39)38-37(34-10-4-1-7-28(34)18-24-44(33)38)31-16-22-43(23-17-31)21-15-30-9-3-6-12-36(30)47-27-32-14-13-29-8-2-5-11-35(29)42-32/h1-14,19-20,25,38,46H,15-18,21-24,26-27H2,(H,40,41). The lowest BCUT2D eigenvalue weighted by atomic mass is 9.88. The van der Waals surface area contributed by atoms with Crippen LogP contribution >= 0.6 is 0 Å². The molecule has 8 nitrogen and oxygen atoms in total. The molecule has 238 valence electrons. The van der Waals surface area contributed by atoms with Crippen LogP contribution in [0, 0.1) is 0 Å². The minimum absolute atomic E-state index is 0.00437. The van der Waals surface area contributed by atoms with Gasteiger partial charge in [-0.05, 0) is 60.6 Å². The molecule has 5 aromatic rings. The average molecular weight is 625 g/mol. The first-order valence-electron chi connectivity index (χ1n) is 16.7. The SMILES string of the molecule is OCC1=CN(c2ncc[nH]2)C2C(=C3CCN(CCc4ccccc4OCc4ccc5ccccc5n4)CC3)c3ccccc3CCN12. The van der Waals surface area contributed by atoms with Crippen LogP contribution in [-0.2, 0) is 19.4 Å². The second kappa shape index (κ2) is 13.1. The average Bonchev–Trinajstić information content (AvgIpc) is 3.75. The molecule has 3 aliphatic rings. The summed E-state index contributed by atoms with van der Waals surface area (Å²) in [6, 6.07) is 29.6. The molecular weight excluding hydrogens is 584 g/mol. The number of aliphatic hydroxyl groups excluding tert-OH is 1. The summed E-state index contributed by atoms with van der Waals surface area (Å²) >= 11 is 0. The molecule has 0 amide bonds. The summed E-state index contributed by atoms with van der Waals surface area (Å²) < 4.78 is 6.32. The van der Waals surface area contributed by atoms with Crippen molar-refractivity contribution in [3.63, 3.8) is 0 Å². The van der Waals surface area contributed by atoms with Crippen LogP contribution in [0.1, 0.15) is 35.2 Å². The number of aliphatic hydroxyl groups is 1. The van der Waals surface area contributed by atoms with E-state index in [9.17, 15) is 5.11 Å². The third-order valence-electron chi connectivity index (χ3n) is 9.84. The van der Waals surface area contributed by atoms with Gasteiger partial charge in [-0.1, -0.05) is 72.3 Å². The van der Waals surface area contributed by atoms with Crippen LogP contribution in [0.15, 0.2) is 115 Å². The minimum Gasteiger partial charge on any atom is -0.487 e. The van der Waals surface area contributed by atoms with Crippen LogP contribution in [0.4, 0.5) is 5.95 Å². The van der Waals surface area contributed by atoms with E-state index in [-0.39, 0.29) is 12.8 Å². The lowest BCUT2D eigenvalue weighted by molar-refractivity contribution is 0.246. The summed E-state index contributed by atoms with van der Waals surface area (Å²) in [6.45, 7) is 4.32. The summed E-state index contributed by atoms with van der Waals surface area (Å²) in [5.74, 6) is 1.74. The second-order valence-corrected chi connectivity index (χ2v) is 12.6. The summed E-state index contributed by atoms with van der Waals surface area (Å²) in [7, 11) is 0. The fourth-order valence-corrected chi connectivity index (χ4v) is 7.42. The van der Waals surface area contributed by atoms with Gasteiger partial charge in [-0.25, -0.2) is 9.97 Å². The molecule has 8 rings (SSSR count). The quantitative estimate of drug-likeness (QED) is 0.214. The number of para-hydroxylation sites is 2. The molecule has 0 saturated carbocycles. The van der Waals surface area contributed by atoms with Gasteiger partial charge in [-0.3, -0.25) is 4.90 Å². The van der Waals surface area contributed by atoms with Crippen LogP contribution in [0.3, 0.4) is 0 Å². The Morgan fingerprint density at radius 3 is 2.57 bits per heavy atom. The van der Waals surface area contributed by atoms with E-state index in [4.69, 9.17) is 9.72 Å². The van der Waals surface area contributed by atoms with Crippen LogP contribution in [0.5, 0.6) is 5.75 Å². The summed E-state index contributed by atoms with van der Waals surface area (Å²) in [4.78, 5) is 19.9. The van der Waals surface area contributed by atoms with Crippen LogP contribution in [0.2, 0.25) is 0 Å². The molecule has 47 heavy (non-hydrogen) atoms. The third kappa shape index (κ3) is 5.90. The number of H-pyrrole nitrogens is 1. The number of pyridine rings is 1. The summed E-state index contributed by atoms with van der Waals surface area (Å²) in [5, 5.41) is 11.5. The van der Waals surface area contributed by atoms with Crippen LogP contribution in [-0.4, -0.2) is 68.8 Å². The number of piperidine rings is 1. The maximum Gasteiger partial charge on any atom is 0.208 e. The van der Waals surface area contributed by atoms with Gasteiger partial charge in [0.15, 0.2) is 0 Å². The molecule has 0 spiro atoms. The number of nitrogens with one attached hydrogen (secondary N) is 1. The molecule has 0 radical (unpaired) electrons. The highest BCUT2D eigenvalue weighted by atomic mass is 16.5. The molecule has 2 N–H and O–H groups in total. The van der Waals surface area contributed by atoms with Gasteiger partial charge in [0.1, 0.15) is 18.5 Å². The first kappa shape index (κ1) is 29.5. The van der Waals surface area contributed by atoms with Gasteiger partial charge >= 0.3 is 0 Å². The molecule has 0 bridgehead atoms. The normalized spacial score (nSPS) is 18.2. The Balaban J connectivity index is 0.982. The molecule has 1 unspecified atom stereocenters. The fraction of sp³-hybridized carbons (Fsp3) is 0.282. The molecule has 0 aliphatic carbocycles. The molecule has 1 atom stereocenters. The van der Waals surface area contributed by atoms with Gasteiger partial charge in [-0.15, -0.1) is 0 Å². The predicted octanol–water partition coefficient (Wildman–Crippen LogP) is 6.17. The molecule has 8 heteroatoms. The number of rotatable bonds is 8. The zero-order chi connectivity index (χ0) is 31.6. The molecule has 5 heterocycles. The highest BCUT2D eigenvalue weighted by molar-refractivity contribution is 5.80. The Hall–Kier alpha value is -4.92. The zero-order valence-corrected chi connectivity index (χ0v) is 26.6. The van der Waals surface area contributed by atoms with Crippen molar-refractivity contribution in [1.29, 1.82) is 0 Å². The van der Waals surface area contributed by atoms with E-state index in [2.05, 4.69) is 91.5 Å². The number of fused-ring (bicyclic) bond motifs is 3. The number of aromatic nitrogens is 3. The number of ether oxygens (including phenoxy) is 1. The van der Waals surface area contributed by atoms with Crippen LogP contribution in [0.25, 0.3) is 16.5 Å². The highest BCUT2D eigenvalue weighted by Crippen LogP contribution is 2.42. The van der Waals surface area contributed by atoms with Gasteiger partial charge in [0, 0.05) is 55.7 Å². The highest BCUT2D eigenvalue weighted by Gasteiger charge is 2.40. The monoisotopic (exact) mass is 624 g/mol. The van der Waals surface area contributed by atoms with Gasteiger partial charge < -0.3 is 24.6 Å². The van der Waals surface area contributed by atoms with Crippen molar-refractivity contribution >= 4 is 22.4 Å². The van der Waals surface area contributed by atoms with Crippen molar-refractivity contribution < 1.29 is 9.84 Å². The summed E-state index contributed by atoms with van der Waals surface area (Å²) in [5.41, 5.74) is 9.67. The first-order valence-corrected chi connectivity index (χ1v) is 16.7. The predicted molar refractivity (Wildman–Crippen MR) is 186 cm³/mol. The maximum atomic E-state index is 10.4. The van der Waals surface area contributed by atoms with E-state index in [0.717, 1.165) is 85.9 Å². The number of anilines is 1. The molecular formula is C39H40N6O2. The van der Waals surface area contributed by atoms with E-state index >= 15 is 0 Å². The van der Waals surface area contributed by atoms with E-state index < -0.39 is 0 Å². The zero-order valence-electron chi connectivity index (χ0n) is 26.6. The van der Waals surface area contributed by atoms with Crippen molar-refractivity contribution in [1.82, 2.24) is 24.8 Å². The van der Waals surface area contributed by atoms with E-state index in [1.807, 2.05) is 30.5 Å². The minimum atomic E-state index is -0.0328. The fourth-order valence-electron chi connectivity index (χ4n) is 7.42. The summed E-state index contributed by atoms with van der Waals surface area (Å²) in [6.07, 6.45) is 9.60. The Kier molecular flexibility index (Phi) is 8.19. The number of hydrogen-bond acceptors (Lipinski definition) is 7. The molecule has 2 aromatic heterocycles. The Labute approximate surface area is 275 Å². The molecule has 1 fully saturated rings. The maximum absolute atomic E-state index is 10.4. The molecule has 1 saturated heterocycles. The number of hydrogen-bond donors (Lipinski definition) is 2. The van der Waals surface area contributed by atoms with E-state index in [0.29, 0.717) is 6.61 Å². The van der Waals surface area contributed by atoms with Crippen molar-refractivity contribution in [3.05, 3.63) is 137 Å². The molecule has 3 aliphatic heterocycles. The van der Waals surface area contributed by atoms with Crippen molar-refractivity contribution in [2.24, 2.45) is 0 Å². The largest absolute Gasteiger partial charge is 0.487 e. The Morgan fingerprint density at radius 2 is 1.70 bits per heavy atom. The van der Waals surface area contributed by atoms with E-state index in [1.54, 1.807) is 6.20 Å². The van der Waals surface area contributed by atoms with Gasteiger partial charge in [0.05, 0.1) is 23.5 Å². The Morgan fingerprint density at radius 1 is 0.872 bits per heavy atom. The van der Waals surface area contributed by atoms with Crippen molar-refractivity contribution in [3.8, 4) is 5.75 Å². The number of benzene rings is 3. The number of imidazole rings is 1. The second-order valence-electron chi connectivity index (χ2n) is 12.6. The smallest absolute Gasteiger partial charge is 0.208 e. The van der Waals surface area contributed by atoms with Gasteiger partial charge in [0.2, 0.25) is 5.95 Å². The van der Waals surface area contributed by atoms with Crippen molar-refractivity contribution in [2.45, 2.75) is 38.5 Å². The van der Waals surface area contributed by atoms with Crippen molar-refractivity contribution in [2.75, 3.05) is 37.7 Å². The number of nitrogens with zero attached hydrogens (tertiary/aromatic N) is 5. The Bertz CT molecular complexity index is 1920. The van der Waals surface area contributed by atoms with E-state index in [1.165, 1.54) is 27.8 Å². The third-order valence-corrected chi connectivity index (χ3v) is 9.84. The molecule has 3 aromatic carbocycles.